The molecule has 0 aliphatic heterocycles. The molecule has 0 saturated heterocycles. The highest BCUT2D eigenvalue weighted by atomic mass is 35.5. The van der Waals surface area contributed by atoms with Crippen molar-refractivity contribution >= 4 is 29.7 Å². The minimum absolute atomic E-state index is 0.262. The molecule has 5 heteroatoms. The zero-order valence-corrected chi connectivity index (χ0v) is 12.7. The molecule has 21 heavy (non-hydrogen) atoms. The van der Waals surface area contributed by atoms with Crippen LogP contribution in [0, 0.1) is 0 Å². The molecule has 2 aromatic rings. The first-order valence-corrected chi connectivity index (χ1v) is 7.02. The maximum atomic E-state index is 12.1. The van der Waals surface area contributed by atoms with Crippen LogP contribution >= 0.6 is 23.7 Å². The van der Waals surface area contributed by atoms with Crippen molar-refractivity contribution in [2.45, 2.75) is 18.4 Å². The second-order valence-electron chi connectivity index (χ2n) is 4.76. The predicted molar refractivity (Wildman–Crippen MR) is 81.9 cm³/mol. The van der Waals surface area contributed by atoms with E-state index in [1.807, 2.05) is 60.7 Å². The monoisotopic (exact) mass is 324 g/mol. The molecule has 0 N–H and O–H groups in total. The number of carbonyl (C=O) groups excluding carboxylic acids is 1. The molecule has 3 nitrogen and oxygen atoms in total. The van der Waals surface area contributed by atoms with Crippen LogP contribution in [0.3, 0.4) is 0 Å². The lowest BCUT2D eigenvalue weighted by Crippen LogP contribution is -2.44. The van der Waals surface area contributed by atoms with Crippen molar-refractivity contribution in [3.05, 3.63) is 71.8 Å². The molecular weight excluding hydrogens is 311 g/mol. The summed E-state index contributed by atoms with van der Waals surface area (Å²) in [6.45, 7) is 0. The molecule has 0 heterocycles. The summed E-state index contributed by atoms with van der Waals surface area (Å²) in [6.07, 6.45) is 0.523. The maximum absolute atomic E-state index is 12.1. The summed E-state index contributed by atoms with van der Waals surface area (Å²) in [5, 5.41) is 0. The van der Waals surface area contributed by atoms with Gasteiger partial charge in [0.25, 0.3) is 0 Å². The summed E-state index contributed by atoms with van der Waals surface area (Å²) >= 11 is 10.9. The lowest BCUT2D eigenvalue weighted by molar-refractivity contribution is -0.151. The van der Waals surface area contributed by atoms with Crippen molar-refractivity contribution in [2.75, 3.05) is 0 Å². The molecular formula is C16H14Cl2O3. The molecule has 0 radical (unpaired) electrons. The Morgan fingerprint density at radius 3 is 1.62 bits per heavy atom. The quantitative estimate of drug-likeness (QED) is 0.803. The first-order chi connectivity index (χ1) is 10.2. The van der Waals surface area contributed by atoms with Gasteiger partial charge in [0.2, 0.25) is 0 Å². The fraction of sp³-hybridized carbons (Fsp3) is 0.188. The number of carbonyl (C=O) groups is 1. The van der Waals surface area contributed by atoms with Gasteiger partial charge in [0.05, 0.1) is 11.9 Å². The Morgan fingerprint density at radius 1 is 0.857 bits per heavy atom. The normalized spacial score (nSPS) is 11.1. The Balaban J connectivity index is 2.31. The fourth-order valence-corrected chi connectivity index (χ4v) is 2.53. The van der Waals surface area contributed by atoms with Crippen molar-refractivity contribution in [1.29, 1.82) is 0 Å². The Morgan fingerprint density at radius 2 is 1.29 bits per heavy atom. The van der Waals surface area contributed by atoms with Crippen LogP contribution in [0.1, 0.15) is 11.1 Å². The lowest BCUT2D eigenvalue weighted by atomic mass is 9.88. The van der Waals surface area contributed by atoms with Crippen molar-refractivity contribution < 1.29 is 13.4 Å². The molecule has 0 amide bonds. The summed E-state index contributed by atoms with van der Waals surface area (Å²) in [7, 11) is 0. The smallest absolute Gasteiger partial charge is 0.344 e. The number of halogens is 2. The van der Waals surface area contributed by atoms with E-state index in [1.165, 1.54) is 0 Å². The van der Waals surface area contributed by atoms with E-state index < -0.39 is 11.6 Å². The van der Waals surface area contributed by atoms with Crippen LogP contribution in [0.15, 0.2) is 60.7 Å². The first kappa shape index (κ1) is 15.8. The van der Waals surface area contributed by atoms with Gasteiger partial charge in [0.1, 0.15) is 11.9 Å². The highest BCUT2D eigenvalue weighted by molar-refractivity contribution is 6.15. The molecule has 2 aromatic carbocycles. The molecule has 2 rings (SSSR count). The lowest BCUT2D eigenvalue weighted by Gasteiger charge is -2.27. The average Bonchev–Trinajstić information content (AvgIpc) is 2.55. The summed E-state index contributed by atoms with van der Waals surface area (Å²) < 4.78 is 9.39. The second kappa shape index (κ2) is 7.46. The van der Waals surface area contributed by atoms with Gasteiger partial charge in [0.15, 0.2) is 5.60 Å². The van der Waals surface area contributed by atoms with Gasteiger partial charge in [-0.25, -0.2) is 4.79 Å². The third-order valence-electron chi connectivity index (χ3n) is 3.25. The van der Waals surface area contributed by atoms with Crippen molar-refractivity contribution in [2.24, 2.45) is 0 Å². The standard InChI is InChI=1S/C16H14Cl2O3/c17-20-15(19)16(21-18,11-13-7-3-1-4-8-13)12-14-9-5-2-6-10-14/h1-10H,11-12H2. The fourth-order valence-electron chi connectivity index (χ4n) is 2.21. The summed E-state index contributed by atoms with van der Waals surface area (Å²) in [6, 6.07) is 18.8. The molecule has 0 atom stereocenters. The van der Waals surface area contributed by atoms with E-state index in [0.717, 1.165) is 11.1 Å². The van der Waals surface area contributed by atoms with Gasteiger partial charge in [-0.1, -0.05) is 60.7 Å². The van der Waals surface area contributed by atoms with E-state index in [2.05, 4.69) is 4.29 Å². The molecule has 0 fully saturated rings. The van der Waals surface area contributed by atoms with Crippen LogP contribution in [0.5, 0.6) is 0 Å². The van der Waals surface area contributed by atoms with E-state index in [9.17, 15) is 4.79 Å². The second-order valence-corrected chi connectivity index (χ2v) is 5.07. The summed E-state index contributed by atoms with van der Waals surface area (Å²) in [5.74, 6) is -0.716. The van der Waals surface area contributed by atoms with E-state index in [1.54, 1.807) is 0 Å². The van der Waals surface area contributed by atoms with Gasteiger partial charge in [0, 0.05) is 12.8 Å². The molecule has 110 valence electrons. The van der Waals surface area contributed by atoms with Crippen LogP contribution in [-0.2, 0) is 26.2 Å². The zero-order valence-electron chi connectivity index (χ0n) is 11.2. The largest absolute Gasteiger partial charge is 0.359 e. The SMILES string of the molecule is O=C(OCl)C(Cc1ccccc1)(Cc1ccccc1)OCl. The number of hydrogen-bond acceptors (Lipinski definition) is 3. The molecule has 0 aliphatic rings. The summed E-state index contributed by atoms with van der Waals surface area (Å²) in [4.78, 5) is 12.1. The van der Waals surface area contributed by atoms with Gasteiger partial charge >= 0.3 is 5.97 Å². The van der Waals surface area contributed by atoms with Gasteiger partial charge in [-0.05, 0) is 11.1 Å². The average molecular weight is 325 g/mol. The summed E-state index contributed by atoms with van der Waals surface area (Å²) in [5.41, 5.74) is 0.429. The number of rotatable bonds is 6. The molecule has 0 bridgehead atoms. The van der Waals surface area contributed by atoms with Crippen LogP contribution < -0.4 is 0 Å². The van der Waals surface area contributed by atoms with Crippen LogP contribution in [0.25, 0.3) is 0 Å². The van der Waals surface area contributed by atoms with E-state index in [0.29, 0.717) is 0 Å². The Bertz CT molecular complexity index is 531. The third-order valence-corrected chi connectivity index (χ3v) is 3.69. The van der Waals surface area contributed by atoms with Crippen molar-refractivity contribution in [3.63, 3.8) is 0 Å². The van der Waals surface area contributed by atoms with Crippen LogP contribution in [0.4, 0.5) is 0 Å². The highest BCUT2D eigenvalue weighted by Gasteiger charge is 2.42. The van der Waals surface area contributed by atoms with E-state index in [-0.39, 0.29) is 12.8 Å². The first-order valence-electron chi connectivity index (χ1n) is 6.41. The van der Waals surface area contributed by atoms with Crippen molar-refractivity contribution in [1.82, 2.24) is 0 Å². The molecule has 0 saturated carbocycles. The topological polar surface area (TPSA) is 35.5 Å². The van der Waals surface area contributed by atoms with Crippen LogP contribution in [0.2, 0.25) is 0 Å². The molecule has 0 spiro atoms. The van der Waals surface area contributed by atoms with Crippen molar-refractivity contribution in [3.8, 4) is 0 Å². The minimum atomic E-state index is -1.37. The molecule has 0 aliphatic carbocycles. The molecule has 0 unspecified atom stereocenters. The number of benzene rings is 2. The molecule has 0 aromatic heterocycles. The van der Waals surface area contributed by atoms with Gasteiger partial charge in [-0.15, -0.1) is 0 Å². The third kappa shape index (κ3) is 3.97. The van der Waals surface area contributed by atoms with E-state index >= 15 is 0 Å². The Hall–Kier alpha value is -1.55. The van der Waals surface area contributed by atoms with Gasteiger partial charge in [-0.2, -0.15) is 0 Å². The van der Waals surface area contributed by atoms with Crippen LogP contribution in [-0.4, -0.2) is 11.6 Å². The number of hydrogen-bond donors (Lipinski definition) is 0. The Kier molecular flexibility index (Phi) is 5.62. The predicted octanol–water partition coefficient (Wildman–Crippen LogP) is 4.08. The van der Waals surface area contributed by atoms with E-state index in [4.69, 9.17) is 28.0 Å². The Labute approximate surface area is 133 Å². The highest BCUT2D eigenvalue weighted by Crippen LogP contribution is 2.27. The van der Waals surface area contributed by atoms with Gasteiger partial charge in [-0.3, -0.25) is 4.29 Å². The zero-order chi connectivity index (χ0) is 15.1. The minimum Gasteiger partial charge on any atom is -0.344 e. The van der Waals surface area contributed by atoms with Gasteiger partial charge < -0.3 is 4.29 Å². The maximum Gasteiger partial charge on any atom is 0.359 e.